The molecule has 0 aliphatic carbocycles. The molecule has 190 valence electrons. The fourth-order valence-electron chi connectivity index (χ4n) is 4.02. The fraction of sp³-hybridized carbons (Fsp3) is 0.214. The highest BCUT2D eigenvalue weighted by molar-refractivity contribution is 7.53. The summed E-state index contributed by atoms with van der Waals surface area (Å²) in [7, 11) is -3.09. The lowest BCUT2D eigenvalue weighted by atomic mass is 10.1. The van der Waals surface area contributed by atoms with Gasteiger partial charge in [0.25, 0.3) is 0 Å². The standard InChI is InChI=1S/C28H26ClN2O5P/c29-23-11-9-21(10-12-23)27-25(36-28(31-27)22-5-2-1-3-6-22)15-16-26(32)30-24-13-7-20(8-14-24)19-37(33)34-17-4-18-35-37/h1-3,5-14H,4,15-19H2,(H,30,32). The summed E-state index contributed by atoms with van der Waals surface area (Å²) in [6.45, 7) is 0.895. The van der Waals surface area contributed by atoms with Crippen molar-refractivity contribution in [1.29, 1.82) is 0 Å². The molecule has 1 amide bonds. The Morgan fingerprint density at radius 1 is 0.919 bits per heavy atom. The van der Waals surface area contributed by atoms with Crippen LogP contribution in [0.15, 0.2) is 83.3 Å². The first-order chi connectivity index (χ1) is 18.0. The Kier molecular flexibility index (Phi) is 7.87. The molecule has 7 nitrogen and oxygen atoms in total. The quantitative estimate of drug-likeness (QED) is 0.236. The third kappa shape index (κ3) is 6.56. The lowest BCUT2D eigenvalue weighted by Gasteiger charge is -2.22. The van der Waals surface area contributed by atoms with E-state index < -0.39 is 7.60 Å². The van der Waals surface area contributed by atoms with Gasteiger partial charge < -0.3 is 18.8 Å². The number of aryl methyl sites for hydroxylation is 1. The molecular weight excluding hydrogens is 511 g/mol. The van der Waals surface area contributed by atoms with Gasteiger partial charge in [0.15, 0.2) is 0 Å². The largest absolute Gasteiger partial charge is 0.440 e. The number of benzene rings is 3. The van der Waals surface area contributed by atoms with E-state index in [0.29, 0.717) is 47.7 Å². The Morgan fingerprint density at radius 3 is 2.32 bits per heavy atom. The van der Waals surface area contributed by atoms with E-state index >= 15 is 0 Å². The highest BCUT2D eigenvalue weighted by Crippen LogP contribution is 2.53. The first-order valence-electron chi connectivity index (χ1n) is 12.1. The minimum Gasteiger partial charge on any atom is -0.440 e. The Morgan fingerprint density at radius 2 is 1.62 bits per heavy atom. The summed E-state index contributed by atoms with van der Waals surface area (Å²) in [5, 5.41) is 3.54. The van der Waals surface area contributed by atoms with E-state index in [0.717, 1.165) is 23.1 Å². The number of carbonyl (C=O) groups excluding carboxylic acids is 1. The molecule has 0 unspecified atom stereocenters. The third-order valence-corrected chi connectivity index (χ3v) is 8.05. The first kappa shape index (κ1) is 25.4. The van der Waals surface area contributed by atoms with Crippen LogP contribution in [0.2, 0.25) is 5.02 Å². The van der Waals surface area contributed by atoms with E-state index in [-0.39, 0.29) is 18.5 Å². The lowest BCUT2D eigenvalue weighted by molar-refractivity contribution is -0.116. The minimum atomic E-state index is -3.09. The molecule has 1 saturated heterocycles. The van der Waals surface area contributed by atoms with Crippen LogP contribution >= 0.6 is 19.2 Å². The number of nitrogens with one attached hydrogen (secondary N) is 1. The zero-order valence-corrected chi connectivity index (χ0v) is 21.7. The molecule has 0 saturated carbocycles. The van der Waals surface area contributed by atoms with E-state index in [1.807, 2.05) is 54.6 Å². The van der Waals surface area contributed by atoms with Crippen molar-refractivity contribution in [3.63, 3.8) is 0 Å². The molecule has 0 atom stereocenters. The molecule has 1 N–H and O–H groups in total. The van der Waals surface area contributed by atoms with Crippen molar-refractivity contribution in [2.24, 2.45) is 0 Å². The molecular formula is C28H26ClN2O5P. The van der Waals surface area contributed by atoms with Crippen LogP contribution in [-0.2, 0) is 31.0 Å². The molecule has 3 aromatic carbocycles. The van der Waals surface area contributed by atoms with Gasteiger partial charge in [0.1, 0.15) is 11.5 Å². The SMILES string of the molecule is O=C(CCc1oc(-c2ccccc2)nc1-c1ccc(Cl)cc1)Nc1ccc(CP2(=O)OCCCO2)cc1. The zero-order chi connectivity index (χ0) is 25.7. The molecule has 0 radical (unpaired) electrons. The van der Waals surface area contributed by atoms with Crippen LogP contribution in [0.5, 0.6) is 0 Å². The molecule has 1 fully saturated rings. The number of halogens is 1. The average Bonchev–Trinajstić information content (AvgIpc) is 3.34. The summed E-state index contributed by atoms with van der Waals surface area (Å²) >= 11 is 6.06. The van der Waals surface area contributed by atoms with E-state index in [9.17, 15) is 9.36 Å². The predicted octanol–water partition coefficient (Wildman–Crippen LogP) is 7.36. The van der Waals surface area contributed by atoms with Gasteiger partial charge >= 0.3 is 7.60 Å². The number of hydrogen-bond donors (Lipinski definition) is 1. The Balaban J connectivity index is 1.25. The summed E-state index contributed by atoms with van der Waals surface area (Å²) in [5.74, 6) is 0.976. The van der Waals surface area contributed by atoms with Crippen molar-refractivity contribution in [1.82, 2.24) is 4.98 Å². The Bertz CT molecular complexity index is 1400. The number of amides is 1. The van der Waals surface area contributed by atoms with Crippen LogP contribution in [0.3, 0.4) is 0 Å². The second kappa shape index (κ2) is 11.4. The molecule has 1 aliphatic heterocycles. The van der Waals surface area contributed by atoms with Crippen LogP contribution in [0.4, 0.5) is 5.69 Å². The number of hydrogen-bond acceptors (Lipinski definition) is 6. The van der Waals surface area contributed by atoms with Crippen molar-refractivity contribution < 1.29 is 22.8 Å². The van der Waals surface area contributed by atoms with Gasteiger partial charge in [-0.1, -0.05) is 54.1 Å². The molecule has 37 heavy (non-hydrogen) atoms. The van der Waals surface area contributed by atoms with Crippen LogP contribution < -0.4 is 5.32 Å². The van der Waals surface area contributed by atoms with Crippen molar-refractivity contribution in [2.45, 2.75) is 25.4 Å². The van der Waals surface area contributed by atoms with Crippen molar-refractivity contribution >= 4 is 30.8 Å². The fourth-order valence-corrected chi connectivity index (χ4v) is 5.88. The molecule has 4 aromatic rings. The second-order valence-corrected chi connectivity index (χ2v) is 11.2. The van der Waals surface area contributed by atoms with Crippen LogP contribution in [0, 0.1) is 0 Å². The Hall–Kier alpha value is -3.22. The highest BCUT2D eigenvalue weighted by Gasteiger charge is 2.28. The van der Waals surface area contributed by atoms with Crippen molar-refractivity contribution in [2.75, 3.05) is 18.5 Å². The van der Waals surface area contributed by atoms with Crippen LogP contribution in [0.25, 0.3) is 22.7 Å². The Labute approximate surface area is 220 Å². The number of rotatable bonds is 8. The molecule has 0 spiro atoms. The summed E-state index contributed by atoms with van der Waals surface area (Å²) in [5.41, 5.74) is 3.89. The van der Waals surface area contributed by atoms with Gasteiger partial charge in [0, 0.05) is 34.7 Å². The number of anilines is 1. The maximum absolute atomic E-state index is 12.7. The zero-order valence-electron chi connectivity index (χ0n) is 20.1. The number of aromatic nitrogens is 1. The molecule has 1 aromatic heterocycles. The lowest BCUT2D eigenvalue weighted by Crippen LogP contribution is -2.12. The maximum atomic E-state index is 12.7. The monoisotopic (exact) mass is 536 g/mol. The topological polar surface area (TPSA) is 90.7 Å². The van der Waals surface area contributed by atoms with E-state index in [1.165, 1.54) is 0 Å². The van der Waals surface area contributed by atoms with Crippen LogP contribution in [0.1, 0.15) is 24.2 Å². The minimum absolute atomic E-state index is 0.154. The average molecular weight is 537 g/mol. The van der Waals surface area contributed by atoms with Gasteiger partial charge in [-0.3, -0.25) is 9.36 Å². The van der Waals surface area contributed by atoms with Gasteiger partial charge in [0.05, 0.1) is 19.4 Å². The van der Waals surface area contributed by atoms with Gasteiger partial charge in [-0.05, 0) is 48.4 Å². The molecule has 2 heterocycles. The van der Waals surface area contributed by atoms with Crippen molar-refractivity contribution in [3.05, 3.63) is 95.2 Å². The van der Waals surface area contributed by atoms with Gasteiger partial charge in [-0.25, -0.2) is 4.98 Å². The molecule has 0 bridgehead atoms. The van der Waals surface area contributed by atoms with E-state index in [4.69, 9.17) is 30.0 Å². The number of nitrogens with zero attached hydrogens (tertiary/aromatic N) is 1. The summed E-state index contributed by atoms with van der Waals surface area (Å²) in [6.07, 6.45) is 1.55. The smallest absolute Gasteiger partial charge is 0.335 e. The number of oxazole rings is 1. The maximum Gasteiger partial charge on any atom is 0.335 e. The van der Waals surface area contributed by atoms with E-state index in [2.05, 4.69) is 5.32 Å². The van der Waals surface area contributed by atoms with Gasteiger partial charge in [-0.15, -0.1) is 0 Å². The normalized spacial score (nSPS) is 14.8. The first-order valence-corrected chi connectivity index (χ1v) is 14.2. The molecule has 9 heteroatoms. The molecule has 5 rings (SSSR count). The molecule has 1 aliphatic rings. The predicted molar refractivity (Wildman–Crippen MR) is 144 cm³/mol. The number of carbonyl (C=O) groups is 1. The highest BCUT2D eigenvalue weighted by atomic mass is 35.5. The van der Waals surface area contributed by atoms with E-state index in [1.54, 1.807) is 24.3 Å². The summed E-state index contributed by atoms with van der Waals surface area (Å²) in [4.78, 5) is 17.5. The summed E-state index contributed by atoms with van der Waals surface area (Å²) < 4.78 is 29.4. The van der Waals surface area contributed by atoms with Gasteiger partial charge in [-0.2, -0.15) is 0 Å². The van der Waals surface area contributed by atoms with Crippen molar-refractivity contribution in [3.8, 4) is 22.7 Å². The van der Waals surface area contributed by atoms with Gasteiger partial charge in [0.2, 0.25) is 11.8 Å². The second-order valence-electron chi connectivity index (χ2n) is 8.70. The van der Waals surface area contributed by atoms with Crippen LogP contribution in [-0.4, -0.2) is 24.1 Å². The third-order valence-electron chi connectivity index (χ3n) is 5.89. The summed E-state index contributed by atoms with van der Waals surface area (Å²) in [6, 6.07) is 24.2.